The Balaban J connectivity index is 1.80. The van der Waals surface area contributed by atoms with Gasteiger partial charge in [0.15, 0.2) is 6.04 Å². The second-order valence-corrected chi connectivity index (χ2v) is 15.3. The molecule has 2 aliphatic rings. The summed E-state index contributed by atoms with van der Waals surface area (Å²) in [7, 11) is -5.32. The Morgan fingerprint density at radius 1 is 1.16 bits per heavy atom. The zero-order valence-electron chi connectivity index (χ0n) is 18.0. The molecule has 0 radical (unpaired) electrons. The number of carbonyl (C=O) groups excluding carboxylic acids is 1. The first-order valence-corrected chi connectivity index (χ1v) is 14.6. The zero-order valence-corrected chi connectivity index (χ0v) is 19.8. The molecule has 0 bridgehead atoms. The minimum Gasteiger partial charge on any atom is -0.468 e. The molecule has 31 heavy (non-hydrogen) atoms. The number of benzene rings is 2. The minimum absolute atomic E-state index is 0.0151. The number of epoxide rings is 1. The topological polar surface area (TPSA) is 96.4 Å². The van der Waals surface area contributed by atoms with E-state index in [1.165, 1.54) is 19.2 Å². The molecule has 9 heteroatoms. The van der Waals surface area contributed by atoms with Crippen LogP contribution < -0.4 is 5.19 Å². The minimum atomic E-state index is -4.09. The SMILES string of the molecule is COC(=O)[C@H]1[C@@H](O)[C@@H]2O[C@]2([Si](C)(C)c2ccccc2)CN1S(=O)(=O)c1ccc(C)cc1. The van der Waals surface area contributed by atoms with E-state index in [0.29, 0.717) is 0 Å². The Hall–Kier alpha value is -2.04. The van der Waals surface area contributed by atoms with Gasteiger partial charge in [-0.3, -0.25) is 4.79 Å². The van der Waals surface area contributed by atoms with Crippen molar-refractivity contribution in [2.24, 2.45) is 0 Å². The predicted octanol–water partition coefficient (Wildman–Crippen LogP) is 1.19. The average Bonchev–Trinajstić information content (AvgIpc) is 3.51. The molecule has 0 aromatic heterocycles. The molecule has 0 saturated carbocycles. The van der Waals surface area contributed by atoms with Crippen LogP contribution in [0.15, 0.2) is 59.5 Å². The lowest BCUT2D eigenvalue weighted by Gasteiger charge is -2.42. The van der Waals surface area contributed by atoms with Crippen molar-refractivity contribution in [1.29, 1.82) is 0 Å². The van der Waals surface area contributed by atoms with Crippen molar-refractivity contribution in [1.82, 2.24) is 4.31 Å². The number of aryl methyl sites for hydroxylation is 1. The molecule has 2 aliphatic heterocycles. The van der Waals surface area contributed by atoms with Crippen molar-refractivity contribution in [3.63, 3.8) is 0 Å². The number of methoxy groups -OCH3 is 1. The van der Waals surface area contributed by atoms with Crippen LogP contribution in [0.4, 0.5) is 0 Å². The number of esters is 1. The van der Waals surface area contributed by atoms with Crippen LogP contribution in [0.2, 0.25) is 13.1 Å². The normalized spacial score (nSPS) is 28.6. The predicted molar refractivity (Wildman–Crippen MR) is 118 cm³/mol. The van der Waals surface area contributed by atoms with Crippen LogP contribution in [0.5, 0.6) is 0 Å². The molecule has 4 rings (SSSR count). The molecule has 0 aliphatic carbocycles. The lowest BCUT2D eigenvalue weighted by atomic mass is 10.0. The van der Waals surface area contributed by atoms with Crippen molar-refractivity contribution in [2.75, 3.05) is 13.7 Å². The Bertz CT molecular complexity index is 1090. The third-order valence-electron chi connectivity index (χ3n) is 6.70. The highest BCUT2D eigenvalue weighted by Crippen LogP contribution is 2.52. The van der Waals surface area contributed by atoms with E-state index in [-0.39, 0.29) is 11.4 Å². The molecular formula is C22H27NO6SSi. The third-order valence-corrected chi connectivity index (χ3v) is 13.0. The zero-order chi connectivity index (χ0) is 22.6. The maximum atomic E-state index is 13.6. The number of hydrogen-bond donors (Lipinski definition) is 1. The van der Waals surface area contributed by atoms with E-state index in [0.717, 1.165) is 15.1 Å². The number of fused-ring (bicyclic) bond motifs is 1. The second kappa shape index (κ2) is 7.53. The molecule has 2 aromatic carbocycles. The summed E-state index contributed by atoms with van der Waals surface area (Å²) < 4.78 is 39.3. The third kappa shape index (κ3) is 3.35. The maximum absolute atomic E-state index is 13.6. The number of aliphatic hydroxyl groups is 1. The van der Waals surface area contributed by atoms with E-state index >= 15 is 0 Å². The van der Waals surface area contributed by atoms with Crippen LogP contribution in [0.1, 0.15) is 5.56 Å². The number of nitrogens with zero attached hydrogens (tertiary/aromatic N) is 1. The Morgan fingerprint density at radius 3 is 2.35 bits per heavy atom. The molecule has 2 fully saturated rings. The standard InChI is InChI=1S/C22H27NO6SSi/c1-15-10-12-16(13-11-15)30(26,27)23-14-22(31(3,4)17-8-6-5-7-9-17)20(29-22)19(24)18(23)21(25)28-2/h5-13,18-20,24H,14H2,1-4H3/t18-,19-,20+,22+/m1/s1. The molecule has 0 spiro atoms. The van der Waals surface area contributed by atoms with E-state index in [1.807, 2.05) is 37.3 Å². The summed E-state index contributed by atoms with van der Waals surface area (Å²) in [5.41, 5.74) is 0.918. The van der Waals surface area contributed by atoms with Gasteiger partial charge in [0, 0.05) is 6.54 Å². The van der Waals surface area contributed by atoms with Crippen molar-refractivity contribution in [2.45, 2.75) is 48.4 Å². The maximum Gasteiger partial charge on any atom is 0.326 e. The summed E-state index contributed by atoms with van der Waals surface area (Å²) in [6.07, 6.45) is -1.94. The summed E-state index contributed by atoms with van der Waals surface area (Å²) in [6, 6.07) is 14.9. The largest absolute Gasteiger partial charge is 0.468 e. The first kappa shape index (κ1) is 22.2. The number of hydrogen-bond acceptors (Lipinski definition) is 6. The van der Waals surface area contributed by atoms with Gasteiger partial charge in [-0.2, -0.15) is 4.31 Å². The molecule has 4 atom stereocenters. The second-order valence-electron chi connectivity index (χ2n) is 8.74. The summed E-state index contributed by atoms with van der Waals surface area (Å²) >= 11 is 0. The van der Waals surface area contributed by atoms with Crippen LogP contribution in [-0.2, 0) is 24.3 Å². The van der Waals surface area contributed by atoms with Gasteiger partial charge in [-0.15, -0.1) is 0 Å². The van der Waals surface area contributed by atoms with Gasteiger partial charge in [-0.1, -0.05) is 66.3 Å². The van der Waals surface area contributed by atoms with Gasteiger partial charge in [0.25, 0.3) is 0 Å². The molecule has 7 nitrogen and oxygen atoms in total. The molecule has 0 amide bonds. The van der Waals surface area contributed by atoms with Crippen molar-refractivity contribution < 1.29 is 27.8 Å². The molecular weight excluding hydrogens is 434 g/mol. The van der Waals surface area contributed by atoms with Crippen LogP contribution in [0.25, 0.3) is 0 Å². The van der Waals surface area contributed by atoms with Gasteiger partial charge < -0.3 is 14.6 Å². The molecule has 2 saturated heterocycles. The van der Waals surface area contributed by atoms with E-state index in [4.69, 9.17) is 9.47 Å². The Morgan fingerprint density at radius 2 is 1.77 bits per heavy atom. The number of piperidine rings is 1. The summed E-state index contributed by atoms with van der Waals surface area (Å²) in [5, 5.41) is 11.3. The molecule has 2 aromatic rings. The Kier molecular flexibility index (Phi) is 5.38. The van der Waals surface area contributed by atoms with Gasteiger partial charge in [-0.25, -0.2) is 8.42 Å². The Labute approximate surface area is 183 Å². The fourth-order valence-electron chi connectivity index (χ4n) is 4.59. The molecule has 0 unspecified atom stereocenters. The molecule has 1 N–H and O–H groups in total. The first-order chi connectivity index (χ1) is 14.6. The summed E-state index contributed by atoms with van der Waals surface area (Å²) in [5.74, 6) is -0.800. The monoisotopic (exact) mass is 461 g/mol. The first-order valence-electron chi connectivity index (χ1n) is 10.1. The van der Waals surface area contributed by atoms with Crippen LogP contribution in [-0.4, -0.2) is 69.0 Å². The van der Waals surface area contributed by atoms with Crippen molar-refractivity contribution >= 4 is 29.3 Å². The van der Waals surface area contributed by atoms with Crippen LogP contribution in [0.3, 0.4) is 0 Å². The fraction of sp³-hybridized carbons (Fsp3) is 0.409. The fourth-order valence-corrected chi connectivity index (χ4v) is 9.71. The number of rotatable bonds is 5. The van der Waals surface area contributed by atoms with E-state index in [1.54, 1.807) is 12.1 Å². The smallest absolute Gasteiger partial charge is 0.326 e. The van der Waals surface area contributed by atoms with E-state index in [9.17, 15) is 18.3 Å². The van der Waals surface area contributed by atoms with Gasteiger partial charge in [0.2, 0.25) is 10.0 Å². The van der Waals surface area contributed by atoms with Gasteiger partial charge in [0.05, 0.1) is 12.0 Å². The molecule has 2 heterocycles. The van der Waals surface area contributed by atoms with Gasteiger partial charge in [-0.05, 0) is 19.1 Å². The number of ether oxygens (including phenoxy) is 2. The number of aliphatic hydroxyl groups excluding tert-OH is 1. The van der Waals surface area contributed by atoms with Gasteiger partial charge >= 0.3 is 5.97 Å². The van der Waals surface area contributed by atoms with Gasteiger partial charge in [0.1, 0.15) is 25.5 Å². The van der Waals surface area contributed by atoms with Crippen molar-refractivity contribution in [3.05, 3.63) is 60.2 Å². The summed E-state index contributed by atoms with van der Waals surface area (Å²) in [6.45, 7) is 6.05. The van der Waals surface area contributed by atoms with Crippen LogP contribution in [0, 0.1) is 6.92 Å². The lowest BCUT2D eigenvalue weighted by molar-refractivity contribution is -0.150. The average molecular weight is 462 g/mol. The van der Waals surface area contributed by atoms with E-state index in [2.05, 4.69) is 13.1 Å². The quantitative estimate of drug-likeness (QED) is 0.408. The lowest BCUT2D eigenvalue weighted by Crippen LogP contribution is -2.69. The van der Waals surface area contributed by atoms with E-state index < -0.39 is 47.5 Å². The van der Waals surface area contributed by atoms with Crippen LogP contribution >= 0.6 is 0 Å². The highest BCUT2D eigenvalue weighted by atomic mass is 32.2. The summed E-state index contributed by atoms with van der Waals surface area (Å²) in [4.78, 5) is 12.6. The molecule has 166 valence electrons. The highest BCUT2D eigenvalue weighted by molar-refractivity contribution is 7.89. The number of sulfonamides is 1. The number of carbonyl (C=O) groups is 1. The highest BCUT2D eigenvalue weighted by Gasteiger charge is 2.75. The van der Waals surface area contributed by atoms with Crippen molar-refractivity contribution in [3.8, 4) is 0 Å².